The van der Waals surface area contributed by atoms with E-state index in [2.05, 4.69) is 33.8 Å². The number of nitrogens with zero attached hydrogens (tertiary/aromatic N) is 3. The number of carbonyl (C=O) groups excluding carboxylic acids is 2. The van der Waals surface area contributed by atoms with Crippen molar-refractivity contribution < 1.29 is 14.0 Å². The number of hydrogen-bond donors (Lipinski definition) is 0. The Balaban J connectivity index is 1.34. The van der Waals surface area contributed by atoms with Gasteiger partial charge in [0.2, 0.25) is 11.8 Å². The third-order valence-electron chi connectivity index (χ3n) is 6.48. The number of fused-ring (bicyclic) bond motifs is 2. The van der Waals surface area contributed by atoms with Crippen LogP contribution in [0, 0.1) is 0 Å². The Morgan fingerprint density at radius 1 is 1.03 bits per heavy atom. The lowest BCUT2D eigenvalue weighted by Gasteiger charge is -2.46. The summed E-state index contributed by atoms with van der Waals surface area (Å²) in [5, 5.41) is 1.13. The molecular weight excluding hydrogens is 470 g/mol. The summed E-state index contributed by atoms with van der Waals surface area (Å²) in [6, 6.07) is 15.6. The average molecular weight is 496 g/mol. The maximum atomic E-state index is 13.3. The highest BCUT2D eigenvalue weighted by Crippen LogP contribution is 2.29. The SMILES string of the molecule is CCc1oc2ccccc2c1CN1CCN2C(=O)CN(Cc3ccc(Br)cc3)C(=O)C2C1. The van der Waals surface area contributed by atoms with Crippen molar-refractivity contribution in [2.75, 3.05) is 26.2 Å². The van der Waals surface area contributed by atoms with Crippen LogP contribution in [0.5, 0.6) is 0 Å². The van der Waals surface area contributed by atoms with Crippen LogP contribution in [0.1, 0.15) is 23.8 Å². The minimum atomic E-state index is -0.427. The number of furan rings is 1. The van der Waals surface area contributed by atoms with Crippen LogP contribution in [-0.4, -0.2) is 58.7 Å². The number of halogens is 1. The first-order chi connectivity index (χ1) is 15.5. The minimum Gasteiger partial charge on any atom is -0.461 e. The van der Waals surface area contributed by atoms with Gasteiger partial charge >= 0.3 is 0 Å². The highest BCUT2D eigenvalue weighted by atomic mass is 79.9. The second kappa shape index (κ2) is 8.71. The Kier molecular flexibility index (Phi) is 5.78. The van der Waals surface area contributed by atoms with Gasteiger partial charge in [0, 0.05) is 54.6 Å². The van der Waals surface area contributed by atoms with E-state index in [-0.39, 0.29) is 18.4 Å². The Bertz CT molecular complexity index is 1160. The monoisotopic (exact) mass is 495 g/mol. The summed E-state index contributed by atoms with van der Waals surface area (Å²) < 4.78 is 7.05. The topological polar surface area (TPSA) is 57.0 Å². The van der Waals surface area contributed by atoms with Crippen molar-refractivity contribution in [3.63, 3.8) is 0 Å². The molecule has 7 heteroatoms. The van der Waals surface area contributed by atoms with E-state index in [0.717, 1.165) is 46.3 Å². The van der Waals surface area contributed by atoms with Gasteiger partial charge < -0.3 is 14.2 Å². The van der Waals surface area contributed by atoms with E-state index >= 15 is 0 Å². The highest BCUT2D eigenvalue weighted by Gasteiger charge is 2.42. The molecular formula is C25H26BrN3O3. The van der Waals surface area contributed by atoms with Crippen LogP contribution >= 0.6 is 15.9 Å². The molecule has 166 valence electrons. The molecule has 0 spiro atoms. The molecule has 2 aliphatic heterocycles. The van der Waals surface area contributed by atoms with Gasteiger partial charge in [0.15, 0.2) is 0 Å². The van der Waals surface area contributed by atoms with Crippen LogP contribution in [0.15, 0.2) is 57.4 Å². The zero-order chi connectivity index (χ0) is 22.2. The van der Waals surface area contributed by atoms with Crippen molar-refractivity contribution in [3.8, 4) is 0 Å². The van der Waals surface area contributed by atoms with Crippen LogP contribution in [0.2, 0.25) is 0 Å². The van der Waals surface area contributed by atoms with E-state index in [1.807, 2.05) is 42.5 Å². The predicted molar refractivity (Wildman–Crippen MR) is 126 cm³/mol. The number of amides is 2. The summed E-state index contributed by atoms with van der Waals surface area (Å²) in [5.74, 6) is 1.07. The van der Waals surface area contributed by atoms with Gasteiger partial charge in [-0.1, -0.05) is 53.2 Å². The van der Waals surface area contributed by atoms with Gasteiger partial charge in [-0.3, -0.25) is 14.5 Å². The molecule has 32 heavy (non-hydrogen) atoms. The van der Waals surface area contributed by atoms with Crippen molar-refractivity contribution in [3.05, 3.63) is 69.9 Å². The molecule has 2 fully saturated rings. The van der Waals surface area contributed by atoms with Crippen LogP contribution < -0.4 is 0 Å². The Labute approximate surface area is 195 Å². The molecule has 0 N–H and O–H groups in total. The van der Waals surface area contributed by atoms with Crippen molar-refractivity contribution in [2.24, 2.45) is 0 Å². The van der Waals surface area contributed by atoms with Gasteiger partial charge in [0.25, 0.3) is 0 Å². The Morgan fingerprint density at radius 2 is 1.81 bits per heavy atom. The third-order valence-corrected chi connectivity index (χ3v) is 7.01. The number of aryl methyl sites for hydroxylation is 1. The van der Waals surface area contributed by atoms with Crippen LogP contribution in [0.3, 0.4) is 0 Å². The normalized spacial score (nSPS) is 19.6. The molecule has 0 bridgehead atoms. The average Bonchev–Trinajstić information content (AvgIpc) is 3.16. The number of piperazine rings is 2. The minimum absolute atomic E-state index is 0.0324. The summed E-state index contributed by atoms with van der Waals surface area (Å²) in [6.45, 7) is 5.31. The number of para-hydroxylation sites is 1. The smallest absolute Gasteiger partial charge is 0.247 e. The number of benzene rings is 2. The zero-order valence-corrected chi connectivity index (χ0v) is 19.7. The molecule has 1 unspecified atom stereocenters. The molecule has 2 saturated heterocycles. The van der Waals surface area contributed by atoms with Gasteiger partial charge in [0.1, 0.15) is 23.9 Å². The molecule has 5 rings (SSSR count). The molecule has 3 heterocycles. The van der Waals surface area contributed by atoms with E-state index in [4.69, 9.17) is 4.42 Å². The lowest BCUT2D eigenvalue weighted by molar-refractivity contribution is -0.160. The van der Waals surface area contributed by atoms with Gasteiger partial charge in [-0.25, -0.2) is 0 Å². The summed E-state index contributed by atoms with van der Waals surface area (Å²) in [5.41, 5.74) is 3.12. The van der Waals surface area contributed by atoms with Gasteiger partial charge in [-0.15, -0.1) is 0 Å². The first kappa shape index (κ1) is 21.2. The fourth-order valence-corrected chi connectivity index (χ4v) is 5.08. The van der Waals surface area contributed by atoms with E-state index in [0.29, 0.717) is 19.6 Å². The van der Waals surface area contributed by atoms with Crippen molar-refractivity contribution in [1.29, 1.82) is 0 Å². The van der Waals surface area contributed by atoms with Crippen molar-refractivity contribution in [2.45, 2.75) is 32.5 Å². The van der Waals surface area contributed by atoms with E-state index < -0.39 is 6.04 Å². The van der Waals surface area contributed by atoms with E-state index in [9.17, 15) is 9.59 Å². The molecule has 1 aromatic heterocycles. The van der Waals surface area contributed by atoms with Crippen LogP contribution in [0.25, 0.3) is 11.0 Å². The maximum absolute atomic E-state index is 13.3. The van der Waals surface area contributed by atoms with Crippen molar-refractivity contribution in [1.82, 2.24) is 14.7 Å². The summed E-state index contributed by atoms with van der Waals surface area (Å²) in [4.78, 5) is 31.9. The third kappa shape index (κ3) is 3.95. The molecule has 3 aromatic rings. The second-order valence-electron chi connectivity index (χ2n) is 8.51. The summed E-state index contributed by atoms with van der Waals surface area (Å²) >= 11 is 3.44. The van der Waals surface area contributed by atoms with Gasteiger partial charge in [-0.05, 0) is 23.8 Å². The van der Waals surface area contributed by atoms with E-state index in [1.54, 1.807) is 9.80 Å². The Hall–Kier alpha value is -2.64. The summed E-state index contributed by atoms with van der Waals surface area (Å²) in [6.07, 6.45) is 0.825. The molecule has 2 aliphatic rings. The summed E-state index contributed by atoms with van der Waals surface area (Å²) in [7, 11) is 0. The first-order valence-corrected chi connectivity index (χ1v) is 11.9. The van der Waals surface area contributed by atoms with Gasteiger partial charge in [-0.2, -0.15) is 0 Å². The first-order valence-electron chi connectivity index (χ1n) is 11.1. The van der Waals surface area contributed by atoms with Crippen LogP contribution in [0.4, 0.5) is 0 Å². The lowest BCUT2D eigenvalue weighted by Crippen LogP contribution is -2.66. The molecule has 0 radical (unpaired) electrons. The zero-order valence-electron chi connectivity index (χ0n) is 18.1. The second-order valence-corrected chi connectivity index (χ2v) is 9.43. The fourth-order valence-electron chi connectivity index (χ4n) is 4.81. The molecule has 2 amide bonds. The number of rotatable bonds is 5. The van der Waals surface area contributed by atoms with E-state index in [1.165, 1.54) is 5.56 Å². The fraction of sp³-hybridized carbons (Fsp3) is 0.360. The lowest BCUT2D eigenvalue weighted by atomic mass is 10.0. The van der Waals surface area contributed by atoms with Crippen LogP contribution in [-0.2, 0) is 29.1 Å². The molecule has 0 aliphatic carbocycles. The largest absolute Gasteiger partial charge is 0.461 e. The van der Waals surface area contributed by atoms with Crippen molar-refractivity contribution >= 4 is 38.7 Å². The highest BCUT2D eigenvalue weighted by molar-refractivity contribution is 9.10. The predicted octanol–water partition coefficient (Wildman–Crippen LogP) is 3.81. The number of hydrogen-bond acceptors (Lipinski definition) is 4. The Morgan fingerprint density at radius 3 is 2.59 bits per heavy atom. The molecule has 2 aromatic carbocycles. The standard InChI is InChI=1S/C25H26BrN3O3/c1-2-22-20(19-5-3-4-6-23(19)32-22)14-27-11-12-29-21(15-27)25(31)28(16-24(29)30)13-17-7-9-18(26)10-8-17/h3-10,21H,2,11-16H2,1H3. The quantitative estimate of drug-likeness (QED) is 0.539. The van der Waals surface area contributed by atoms with Gasteiger partial charge in [0.05, 0.1) is 0 Å². The molecule has 0 saturated carbocycles. The molecule has 6 nitrogen and oxygen atoms in total. The maximum Gasteiger partial charge on any atom is 0.247 e. The number of carbonyl (C=O) groups is 2. The molecule has 1 atom stereocenters.